The Balaban J connectivity index is 2.03. The summed E-state index contributed by atoms with van der Waals surface area (Å²) in [5.74, 6) is 0.158. The fraction of sp³-hybridized carbons (Fsp3) is 0.579. The van der Waals surface area contributed by atoms with Crippen LogP contribution in [0.4, 0.5) is 5.69 Å². The van der Waals surface area contributed by atoms with Crippen LogP contribution in [0.5, 0.6) is 0 Å². The summed E-state index contributed by atoms with van der Waals surface area (Å²) in [5.41, 5.74) is 2.10. The molecule has 1 fully saturated rings. The van der Waals surface area contributed by atoms with Crippen LogP contribution in [-0.4, -0.2) is 37.4 Å². The summed E-state index contributed by atoms with van der Waals surface area (Å²) in [6.07, 6.45) is 7.84. The van der Waals surface area contributed by atoms with Crippen molar-refractivity contribution in [3.8, 4) is 0 Å². The minimum Gasteiger partial charge on any atom is -0.462 e. The van der Waals surface area contributed by atoms with Gasteiger partial charge in [0.1, 0.15) is 0 Å². The highest BCUT2D eigenvalue weighted by molar-refractivity contribution is 6.33. The number of hydrogen-bond donors (Lipinski definition) is 0. The molecule has 4 nitrogen and oxygen atoms in total. The van der Waals surface area contributed by atoms with Crippen LogP contribution >= 0.6 is 11.6 Å². The number of rotatable bonds is 6. The Labute approximate surface area is 149 Å². The van der Waals surface area contributed by atoms with Gasteiger partial charge in [-0.15, -0.1) is 0 Å². The van der Waals surface area contributed by atoms with Crippen LogP contribution in [0.15, 0.2) is 17.1 Å². The Morgan fingerprint density at radius 2 is 2.08 bits per heavy atom. The van der Waals surface area contributed by atoms with Gasteiger partial charge in [0.25, 0.3) is 0 Å². The maximum Gasteiger partial charge on any atom is 0.339 e. The number of halogens is 1. The molecule has 132 valence electrons. The number of esters is 1. The lowest BCUT2D eigenvalue weighted by molar-refractivity contribution is 0.0410. The summed E-state index contributed by atoms with van der Waals surface area (Å²) < 4.78 is 5.49. The van der Waals surface area contributed by atoms with E-state index in [0.717, 1.165) is 30.6 Å². The van der Waals surface area contributed by atoms with Gasteiger partial charge in [0, 0.05) is 13.6 Å². The molecule has 0 unspecified atom stereocenters. The molecule has 1 aromatic rings. The second-order valence-electron chi connectivity index (χ2n) is 6.54. The lowest BCUT2D eigenvalue weighted by Gasteiger charge is -2.21. The van der Waals surface area contributed by atoms with E-state index >= 15 is 0 Å². The molecule has 0 aliphatic heterocycles. The molecule has 5 heteroatoms. The third-order valence-electron chi connectivity index (χ3n) is 4.57. The third kappa shape index (κ3) is 5.23. The summed E-state index contributed by atoms with van der Waals surface area (Å²) in [5, 5.41) is 0.389. The van der Waals surface area contributed by atoms with Gasteiger partial charge in [0.15, 0.2) is 0 Å². The third-order valence-corrected chi connectivity index (χ3v) is 4.89. The molecule has 0 saturated heterocycles. The number of hydrogen-bond acceptors (Lipinski definition) is 3. The van der Waals surface area contributed by atoms with Crippen molar-refractivity contribution in [2.24, 2.45) is 10.9 Å². The van der Waals surface area contributed by atoms with Crippen molar-refractivity contribution in [2.75, 3.05) is 20.2 Å². The zero-order chi connectivity index (χ0) is 17.5. The molecule has 24 heavy (non-hydrogen) atoms. The predicted octanol–water partition coefficient (Wildman–Crippen LogP) is 5.00. The van der Waals surface area contributed by atoms with Crippen LogP contribution < -0.4 is 0 Å². The van der Waals surface area contributed by atoms with Crippen molar-refractivity contribution in [1.82, 2.24) is 4.90 Å². The highest BCUT2D eigenvalue weighted by Gasteiger charge is 2.18. The maximum atomic E-state index is 12.3. The summed E-state index contributed by atoms with van der Waals surface area (Å²) in [6.45, 7) is 5.35. The Morgan fingerprint density at radius 1 is 1.38 bits per heavy atom. The van der Waals surface area contributed by atoms with Crippen molar-refractivity contribution in [3.05, 3.63) is 28.3 Å². The lowest BCUT2D eigenvalue weighted by atomic mass is 9.90. The van der Waals surface area contributed by atoms with Gasteiger partial charge in [-0.1, -0.05) is 30.9 Å². The van der Waals surface area contributed by atoms with Crippen LogP contribution in [0.2, 0.25) is 5.02 Å². The molecule has 0 bridgehead atoms. The van der Waals surface area contributed by atoms with E-state index in [0.29, 0.717) is 23.1 Å². The second-order valence-corrected chi connectivity index (χ2v) is 6.95. The highest BCUT2D eigenvalue weighted by Crippen LogP contribution is 2.28. The van der Waals surface area contributed by atoms with Crippen molar-refractivity contribution >= 4 is 29.6 Å². The number of aryl methyl sites for hydroxylation is 1. The Bertz CT molecular complexity index is 595. The SMILES string of the molecule is CCN(C)/C=N/c1cc(Cl)c(C(=O)OCC2CCCCC2)cc1C. The number of benzene rings is 1. The molecule has 1 aliphatic carbocycles. The highest BCUT2D eigenvalue weighted by atomic mass is 35.5. The van der Waals surface area contributed by atoms with Crippen LogP contribution in [0.3, 0.4) is 0 Å². The summed E-state index contributed by atoms with van der Waals surface area (Å²) in [6, 6.07) is 3.50. The van der Waals surface area contributed by atoms with Crippen molar-refractivity contribution in [3.63, 3.8) is 0 Å². The molecule has 0 aromatic heterocycles. The van der Waals surface area contributed by atoms with Crippen molar-refractivity contribution < 1.29 is 9.53 Å². The molecule has 0 atom stereocenters. The molecule has 2 rings (SSSR count). The number of nitrogens with zero attached hydrogens (tertiary/aromatic N) is 2. The van der Waals surface area contributed by atoms with Gasteiger partial charge >= 0.3 is 5.97 Å². The number of carbonyl (C=O) groups excluding carboxylic acids is 1. The summed E-state index contributed by atoms with van der Waals surface area (Å²) in [7, 11) is 1.96. The molecule has 0 heterocycles. The van der Waals surface area contributed by atoms with E-state index < -0.39 is 0 Å². The van der Waals surface area contributed by atoms with Crippen LogP contribution in [-0.2, 0) is 4.74 Å². The predicted molar refractivity (Wildman–Crippen MR) is 99.5 cm³/mol. The zero-order valence-electron chi connectivity index (χ0n) is 14.8. The molecule has 0 amide bonds. The van der Waals surface area contributed by atoms with Gasteiger partial charge < -0.3 is 9.64 Å². The van der Waals surface area contributed by atoms with E-state index in [9.17, 15) is 4.79 Å². The van der Waals surface area contributed by atoms with E-state index in [2.05, 4.69) is 11.9 Å². The van der Waals surface area contributed by atoms with Gasteiger partial charge in [-0.05, 0) is 50.3 Å². The van der Waals surface area contributed by atoms with Gasteiger partial charge in [0.05, 0.1) is 29.2 Å². The Hall–Kier alpha value is -1.55. The fourth-order valence-electron chi connectivity index (χ4n) is 2.83. The molecular weight excluding hydrogens is 324 g/mol. The second kappa shape index (κ2) is 9.07. The van der Waals surface area contributed by atoms with Crippen LogP contribution in [0.25, 0.3) is 0 Å². The van der Waals surface area contributed by atoms with E-state index in [1.54, 1.807) is 18.5 Å². The first-order valence-electron chi connectivity index (χ1n) is 8.73. The van der Waals surface area contributed by atoms with E-state index in [1.165, 1.54) is 19.3 Å². The average Bonchev–Trinajstić information content (AvgIpc) is 2.60. The summed E-state index contributed by atoms with van der Waals surface area (Å²) >= 11 is 6.28. The largest absolute Gasteiger partial charge is 0.462 e. The molecule has 1 saturated carbocycles. The molecule has 0 radical (unpaired) electrons. The van der Waals surface area contributed by atoms with Crippen molar-refractivity contribution in [2.45, 2.75) is 46.0 Å². The molecular formula is C19H27ClN2O2. The standard InChI is InChI=1S/C19H27ClN2O2/c1-4-22(3)13-21-18-11-17(20)16(10-14(18)2)19(23)24-12-15-8-6-5-7-9-15/h10-11,13,15H,4-9,12H2,1-3H3/b21-13+. The number of ether oxygens (including phenoxy) is 1. The number of carbonyl (C=O) groups is 1. The van der Waals surface area contributed by atoms with E-state index in [-0.39, 0.29) is 5.97 Å². The topological polar surface area (TPSA) is 41.9 Å². The molecule has 0 N–H and O–H groups in total. The normalized spacial score (nSPS) is 15.7. The first-order valence-corrected chi connectivity index (χ1v) is 9.10. The van der Waals surface area contributed by atoms with E-state index in [1.807, 2.05) is 18.9 Å². The van der Waals surface area contributed by atoms with Crippen LogP contribution in [0, 0.1) is 12.8 Å². The van der Waals surface area contributed by atoms with Gasteiger partial charge in [-0.3, -0.25) is 0 Å². The monoisotopic (exact) mass is 350 g/mol. The number of aliphatic imine (C=N–C) groups is 1. The van der Waals surface area contributed by atoms with Gasteiger partial charge in [-0.2, -0.15) is 0 Å². The minimum absolute atomic E-state index is 0.338. The van der Waals surface area contributed by atoms with Crippen molar-refractivity contribution in [1.29, 1.82) is 0 Å². The first kappa shape index (κ1) is 18.8. The average molecular weight is 351 g/mol. The van der Waals surface area contributed by atoms with Gasteiger partial charge in [0.2, 0.25) is 0 Å². The molecule has 1 aliphatic rings. The molecule has 1 aromatic carbocycles. The quantitative estimate of drug-likeness (QED) is 0.412. The van der Waals surface area contributed by atoms with Gasteiger partial charge in [-0.25, -0.2) is 9.79 Å². The smallest absolute Gasteiger partial charge is 0.339 e. The first-order chi connectivity index (χ1) is 11.5. The molecule has 0 spiro atoms. The van der Waals surface area contributed by atoms with Crippen LogP contribution in [0.1, 0.15) is 54.9 Å². The Kier molecular flexibility index (Phi) is 7.10. The zero-order valence-corrected chi connectivity index (χ0v) is 15.6. The Morgan fingerprint density at radius 3 is 2.75 bits per heavy atom. The maximum absolute atomic E-state index is 12.3. The fourth-order valence-corrected chi connectivity index (χ4v) is 3.07. The summed E-state index contributed by atoms with van der Waals surface area (Å²) in [4.78, 5) is 18.7. The minimum atomic E-state index is -0.338. The van der Waals surface area contributed by atoms with E-state index in [4.69, 9.17) is 16.3 Å². The lowest BCUT2D eigenvalue weighted by Crippen LogP contribution is -2.17.